The number of aliphatic hydroxyl groups is 2. The van der Waals surface area contributed by atoms with Crippen molar-refractivity contribution >= 4 is 0 Å². The van der Waals surface area contributed by atoms with Crippen LogP contribution in [0.4, 0.5) is 0 Å². The first kappa shape index (κ1) is 9.88. The Hall–Kier alpha value is -0.120. The van der Waals surface area contributed by atoms with Crippen LogP contribution < -0.4 is 5.73 Å². The van der Waals surface area contributed by atoms with Gasteiger partial charge in [-0.25, -0.2) is 0 Å². The van der Waals surface area contributed by atoms with Gasteiger partial charge in [-0.05, 0) is 26.2 Å². The summed E-state index contributed by atoms with van der Waals surface area (Å²) in [6, 6.07) is 0. The molecule has 0 spiro atoms. The minimum atomic E-state index is -0.308. The lowest BCUT2D eigenvalue weighted by atomic mass is 9.94. The van der Waals surface area contributed by atoms with Gasteiger partial charge in [0.25, 0.3) is 0 Å². The summed E-state index contributed by atoms with van der Waals surface area (Å²) in [5.41, 5.74) is 5.43. The van der Waals surface area contributed by atoms with E-state index in [2.05, 4.69) is 0 Å². The Balaban J connectivity index is 3.42. The fourth-order valence-electron chi connectivity index (χ4n) is 0.863. The van der Waals surface area contributed by atoms with E-state index in [1.54, 1.807) is 0 Å². The first-order valence-corrected chi connectivity index (χ1v) is 3.63. The van der Waals surface area contributed by atoms with E-state index >= 15 is 0 Å². The van der Waals surface area contributed by atoms with Crippen molar-refractivity contribution in [3.63, 3.8) is 0 Å². The van der Waals surface area contributed by atoms with Crippen LogP contribution in [0.2, 0.25) is 0 Å². The molecule has 0 radical (unpaired) electrons. The van der Waals surface area contributed by atoms with Crippen LogP contribution in [0.3, 0.4) is 0 Å². The zero-order valence-electron chi connectivity index (χ0n) is 6.51. The predicted octanol–water partition coefficient (Wildman–Crippen LogP) is -0.141. The zero-order chi connectivity index (χ0) is 8.04. The summed E-state index contributed by atoms with van der Waals surface area (Å²) >= 11 is 0. The lowest BCUT2D eigenvalue weighted by molar-refractivity contribution is 0.220. The number of hydrogen-bond acceptors (Lipinski definition) is 3. The standard InChI is InChI=1S/C7H17NO2/c1-7(8,4-6-10)3-2-5-9/h9-10H,2-6,8H2,1H3. The summed E-state index contributed by atoms with van der Waals surface area (Å²) < 4.78 is 0. The Labute approximate surface area is 61.9 Å². The fourth-order valence-corrected chi connectivity index (χ4v) is 0.863. The molecule has 4 N–H and O–H groups in total. The molecule has 0 amide bonds. The van der Waals surface area contributed by atoms with Gasteiger partial charge in [-0.1, -0.05) is 0 Å². The van der Waals surface area contributed by atoms with Crippen LogP contribution in [0, 0.1) is 0 Å². The van der Waals surface area contributed by atoms with Crippen molar-refractivity contribution in [3.8, 4) is 0 Å². The van der Waals surface area contributed by atoms with E-state index in [-0.39, 0.29) is 18.8 Å². The van der Waals surface area contributed by atoms with Crippen molar-refractivity contribution < 1.29 is 10.2 Å². The molecular formula is C7H17NO2. The molecule has 0 bridgehead atoms. The van der Waals surface area contributed by atoms with Gasteiger partial charge >= 0.3 is 0 Å². The fraction of sp³-hybridized carbons (Fsp3) is 1.00. The van der Waals surface area contributed by atoms with Gasteiger partial charge in [0, 0.05) is 18.8 Å². The maximum atomic E-state index is 8.56. The van der Waals surface area contributed by atoms with Gasteiger partial charge in [0.1, 0.15) is 0 Å². The van der Waals surface area contributed by atoms with E-state index < -0.39 is 0 Å². The average molecular weight is 147 g/mol. The Kier molecular flexibility index (Phi) is 4.60. The van der Waals surface area contributed by atoms with Crippen molar-refractivity contribution in [1.82, 2.24) is 0 Å². The topological polar surface area (TPSA) is 66.5 Å². The van der Waals surface area contributed by atoms with Gasteiger partial charge < -0.3 is 15.9 Å². The average Bonchev–Trinajstić information content (AvgIpc) is 1.84. The number of aliphatic hydroxyl groups excluding tert-OH is 2. The second-order valence-corrected chi connectivity index (χ2v) is 2.95. The number of nitrogens with two attached hydrogens (primary N) is 1. The maximum absolute atomic E-state index is 8.56. The normalized spacial score (nSPS) is 16.8. The molecule has 3 heteroatoms. The smallest absolute Gasteiger partial charge is 0.0448 e. The SMILES string of the molecule is CC(N)(CCO)CCCO. The number of rotatable bonds is 5. The van der Waals surface area contributed by atoms with E-state index in [9.17, 15) is 0 Å². The Morgan fingerprint density at radius 1 is 1.20 bits per heavy atom. The Morgan fingerprint density at radius 2 is 1.80 bits per heavy atom. The summed E-state index contributed by atoms with van der Waals surface area (Å²) in [5, 5.41) is 17.0. The third-order valence-corrected chi connectivity index (χ3v) is 1.59. The van der Waals surface area contributed by atoms with Crippen molar-refractivity contribution in [2.45, 2.75) is 31.7 Å². The van der Waals surface area contributed by atoms with E-state index in [1.165, 1.54) is 0 Å². The highest BCUT2D eigenvalue weighted by Crippen LogP contribution is 2.11. The molecule has 1 unspecified atom stereocenters. The second-order valence-electron chi connectivity index (χ2n) is 2.95. The molecule has 0 fully saturated rings. The van der Waals surface area contributed by atoms with Gasteiger partial charge in [0.15, 0.2) is 0 Å². The van der Waals surface area contributed by atoms with Crippen LogP contribution in [-0.4, -0.2) is 29.0 Å². The number of hydrogen-bond donors (Lipinski definition) is 3. The van der Waals surface area contributed by atoms with Crippen molar-refractivity contribution in [3.05, 3.63) is 0 Å². The first-order valence-electron chi connectivity index (χ1n) is 3.63. The highest BCUT2D eigenvalue weighted by molar-refractivity contribution is 4.77. The summed E-state index contributed by atoms with van der Waals surface area (Å²) in [5.74, 6) is 0. The molecule has 0 rings (SSSR count). The van der Waals surface area contributed by atoms with Gasteiger partial charge in [-0.15, -0.1) is 0 Å². The molecule has 0 saturated carbocycles. The van der Waals surface area contributed by atoms with Crippen molar-refractivity contribution in [2.75, 3.05) is 13.2 Å². The van der Waals surface area contributed by atoms with Crippen LogP contribution in [0.15, 0.2) is 0 Å². The quantitative estimate of drug-likeness (QED) is 0.507. The highest BCUT2D eigenvalue weighted by Gasteiger charge is 2.15. The molecule has 0 heterocycles. The molecule has 0 aromatic heterocycles. The Bertz CT molecular complexity index is 83.7. The predicted molar refractivity (Wildman–Crippen MR) is 40.6 cm³/mol. The van der Waals surface area contributed by atoms with Gasteiger partial charge in [-0.3, -0.25) is 0 Å². The first-order chi connectivity index (χ1) is 4.62. The van der Waals surface area contributed by atoms with Gasteiger partial charge in [-0.2, -0.15) is 0 Å². The molecule has 0 saturated heterocycles. The van der Waals surface area contributed by atoms with E-state index in [0.717, 1.165) is 6.42 Å². The summed E-state index contributed by atoms with van der Waals surface area (Å²) in [4.78, 5) is 0. The Morgan fingerprint density at radius 3 is 2.20 bits per heavy atom. The van der Waals surface area contributed by atoms with Gasteiger partial charge in [0.05, 0.1) is 0 Å². The third kappa shape index (κ3) is 4.73. The zero-order valence-corrected chi connectivity index (χ0v) is 6.51. The minimum absolute atomic E-state index is 0.123. The molecule has 0 aliphatic rings. The van der Waals surface area contributed by atoms with E-state index in [4.69, 9.17) is 15.9 Å². The summed E-state index contributed by atoms with van der Waals surface area (Å²) in [6.07, 6.45) is 2.09. The molecule has 0 aromatic rings. The van der Waals surface area contributed by atoms with Gasteiger partial charge in [0.2, 0.25) is 0 Å². The molecule has 62 valence electrons. The van der Waals surface area contributed by atoms with Crippen LogP contribution in [0.5, 0.6) is 0 Å². The van der Waals surface area contributed by atoms with E-state index in [0.29, 0.717) is 12.8 Å². The molecule has 0 aromatic carbocycles. The molecular weight excluding hydrogens is 130 g/mol. The lowest BCUT2D eigenvalue weighted by Gasteiger charge is -2.22. The highest BCUT2D eigenvalue weighted by atomic mass is 16.3. The van der Waals surface area contributed by atoms with Crippen LogP contribution >= 0.6 is 0 Å². The molecule has 10 heavy (non-hydrogen) atoms. The third-order valence-electron chi connectivity index (χ3n) is 1.59. The molecule has 3 nitrogen and oxygen atoms in total. The summed E-state index contributed by atoms with van der Waals surface area (Å²) in [6.45, 7) is 2.19. The molecule has 0 aliphatic heterocycles. The molecule has 0 aliphatic carbocycles. The lowest BCUT2D eigenvalue weighted by Crippen LogP contribution is -2.37. The van der Waals surface area contributed by atoms with Crippen LogP contribution in [0.25, 0.3) is 0 Å². The summed E-state index contributed by atoms with van der Waals surface area (Å²) in [7, 11) is 0. The van der Waals surface area contributed by atoms with E-state index in [1.807, 2.05) is 6.92 Å². The maximum Gasteiger partial charge on any atom is 0.0448 e. The second kappa shape index (κ2) is 4.66. The van der Waals surface area contributed by atoms with Crippen molar-refractivity contribution in [1.29, 1.82) is 0 Å². The van der Waals surface area contributed by atoms with Crippen LogP contribution in [0.1, 0.15) is 26.2 Å². The largest absolute Gasteiger partial charge is 0.396 e. The monoisotopic (exact) mass is 147 g/mol. The van der Waals surface area contributed by atoms with Crippen molar-refractivity contribution in [2.24, 2.45) is 5.73 Å². The van der Waals surface area contributed by atoms with Crippen LogP contribution in [-0.2, 0) is 0 Å². The molecule has 1 atom stereocenters. The minimum Gasteiger partial charge on any atom is -0.396 e.